The number of furan rings is 3. The summed E-state index contributed by atoms with van der Waals surface area (Å²) >= 11 is 3.35. The van der Waals surface area contributed by atoms with Crippen molar-refractivity contribution in [1.29, 1.82) is 0 Å². The fraction of sp³-hybridized carbons (Fsp3) is 0.412. The molecule has 1 aliphatic heterocycles. The van der Waals surface area contributed by atoms with E-state index in [9.17, 15) is 19.2 Å². The van der Waals surface area contributed by atoms with Crippen LogP contribution in [0, 0.1) is 11.8 Å². The van der Waals surface area contributed by atoms with Gasteiger partial charge in [-0.2, -0.15) is 0 Å². The summed E-state index contributed by atoms with van der Waals surface area (Å²) in [4.78, 5) is 47.1. The van der Waals surface area contributed by atoms with Crippen LogP contribution in [-0.4, -0.2) is 62.6 Å². The Morgan fingerprint density at radius 1 is 0.549 bits per heavy atom. The van der Waals surface area contributed by atoms with Crippen molar-refractivity contribution >= 4 is 105 Å². The Hall–Kier alpha value is -7.32. The quantitative estimate of drug-likeness (QED) is 0.0353. The SMILES string of the molecule is CCOC(=O)Cc1coc2cc3ccc(OCCBr)cc3cc12.COC(=O)Cc1coc2cc3ccc(OCCCC4CCCCC4)cc3cc12.O=C1CCC(c2coc3cc4ccc(OCCCC5CCCCC5)cc4cc23)C(=O)N1. The number of methoxy groups -OCH3 is 1. The van der Waals surface area contributed by atoms with Gasteiger partial charge < -0.3 is 36.9 Å². The lowest BCUT2D eigenvalue weighted by atomic mass is 9.86. The lowest BCUT2D eigenvalue weighted by Gasteiger charge is -2.21. The van der Waals surface area contributed by atoms with E-state index in [0.717, 1.165) is 142 Å². The molecule has 9 aromatic rings. The van der Waals surface area contributed by atoms with Gasteiger partial charge in [0.2, 0.25) is 11.8 Å². The van der Waals surface area contributed by atoms with Crippen LogP contribution in [-0.2, 0) is 41.5 Å². The molecule has 82 heavy (non-hydrogen) atoms. The molecule has 2 aliphatic carbocycles. The van der Waals surface area contributed by atoms with Crippen molar-refractivity contribution in [3.63, 3.8) is 0 Å². The van der Waals surface area contributed by atoms with Gasteiger partial charge in [-0.25, -0.2) is 0 Å². The molecule has 2 amide bonds. The van der Waals surface area contributed by atoms with Gasteiger partial charge in [0.1, 0.15) is 34.0 Å². The fourth-order valence-corrected chi connectivity index (χ4v) is 12.2. The maximum atomic E-state index is 12.3. The van der Waals surface area contributed by atoms with E-state index in [4.69, 9.17) is 36.9 Å². The maximum Gasteiger partial charge on any atom is 0.310 e. The number of hydrogen-bond donors (Lipinski definition) is 1. The second-order valence-electron chi connectivity index (χ2n) is 22.1. The molecule has 430 valence electrons. The molecule has 1 saturated heterocycles. The highest BCUT2D eigenvalue weighted by atomic mass is 79.9. The summed E-state index contributed by atoms with van der Waals surface area (Å²) in [5, 5.41) is 12.5. The number of nitrogens with one attached hydrogen (secondary N) is 1. The largest absolute Gasteiger partial charge is 0.494 e. The molecule has 13 nitrogen and oxygen atoms in total. The summed E-state index contributed by atoms with van der Waals surface area (Å²) in [6, 6.07) is 30.4. The van der Waals surface area contributed by atoms with E-state index in [-0.39, 0.29) is 42.5 Å². The van der Waals surface area contributed by atoms with Crippen LogP contribution in [0.2, 0.25) is 0 Å². The van der Waals surface area contributed by atoms with Gasteiger partial charge in [-0.3, -0.25) is 24.5 Å². The number of rotatable bonds is 19. The number of amides is 2. The Kier molecular flexibility index (Phi) is 19.8. The van der Waals surface area contributed by atoms with E-state index in [1.54, 1.807) is 25.7 Å². The highest BCUT2D eigenvalue weighted by Crippen LogP contribution is 2.37. The van der Waals surface area contributed by atoms with Crippen molar-refractivity contribution in [2.45, 2.75) is 128 Å². The van der Waals surface area contributed by atoms with Crippen molar-refractivity contribution in [2.24, 2.45) is 11.8 Å². The lowest BCUT2D eigenvalue weighted by Crippen LogP contribution is -2.39. The number of ether oxygens (including phenoxy) is 5. The van der Waals surface area contributed by atoms with Gasteiger partial charge in [-0.15, -0.1) is 0 Å². The van der Waals surface area contributed by atoms with E-state index in [2.05, 4.69) is 57.6 Å². The van der Waals surface area contributed by atoms with Gasteiger partial charge in [-0.1, -0.05) is 98.3 Å². The standard InChI is InChI=1S/C26H29NO4.C24H28O4.C18H17BrO4/c28-25-11-10-21(26(29)27-25)23-16-31-24-15-18-8-9-20(13-19(18)14-22(23)24)30-12-4-7-17-5-2-1-3-6-17;1-26-24(25)15-20-16-28-23-14-18-9-10-21(12-19(18)13-22(20)23)27-11-5-8-17-6-3-2-4-7-17;1-2-21-18(20)10-14-11-23-17-9-12-3-4-15(22-6-5-19)7-13(12)8-16(14)17/h8-9,13-17,21H,1-7,10-12H2,(H,27,28,29);9-10,12-14,16-17H,2-8,11,15H2,1H3;3-4,7-9,11H,2,5-6,10H2,1H3. The summed E-state index contributed by atoms with van der Waals surface area (Å²) in [5.74, 6) is 3.07. The molecule has 0 radical (unpaired) electrons. The number of hydrogen-bond acceptors (Lipinski definition) is 12. The van der Waals surface area contributed by atoms with Crippen molar-refractivity contribution in [2.75, 3.05) is 38.9 Å². The van der Waals surface area contributed by atoms with Crippen molar-refractivity contribution in [3.8, 4) is 17.2 Å². The van der Waals surface area contributed by atoms with Gasteiger partial charge in [0.05, 0.1) is 71.1 Å². The first-order valence-corrected chi connectivity index (χ1v) is 30.6. The maximum absolute atomic E-state index is 12.3. The van der Waals surface area contributed by atoms with Crippen LogP contribution < -0.4 is 19.5 Å². The summed E-state index contributed by atoms with van der Waals surface area (Å²) in [6.45, 7) is 4.31. The minimum absolute atomic E-state index is 0.204. The van der Waals surface area contributed by atoms with Crippen LogP contribution in [0.15, 0.2) is 123 Å². The zero-order valence-corrected chi connectivity index (χ0v) is 48.8. The molecule has 1 unspecified atom stereocenters. The number of halogens is 1. The number of alkyl halides is 1. The monoisotopic (exact) mass is 1180 g/mol. The molecule has 0 spiro atoms. The predicted molar refractivity (Wildman–Crippen MR) is 324 cm³/mol. The van der Waals surface area contributed by atoms with Crippen LogP contribution in [0.1, 0.15) is 132 Å². The third-order valence-corrected chi connectivity index (χ3v) is 16.7. The molecule has 0 bridgehead atoms. The fourth-order valence-electron chi connectivity index (χ4n) is 12.0. The molecular formula is C68H74BrNO12. The Morgan fingerprint density at radius 2 is 1.01 bits per heavy atom. The second kappa shape index (κ2) is 28.1. The molecule has 6 aromatic carbocycles. The molecule has 3 fully saturated rings. The number of fused-ring (bicyclic) bond motifs is 6. The van der Waals surface area contributed by atoms with Crippen LogP contribution in [0.4, 0.5) is 0 Å². The van der Waals surface area contributed by atoms with E-state index in [0.29, 0.717) is 26.1 Å². The molecule has 2 saturated carbocycles. The Balaban J connectivity index is 0.000000139. The average Bonchev–Trinajstić information content (AvgIpc) is 4.42. The normalized spacial score (nSPS) is 16.0. The predicted octanol–water partition coefficient (Wildman–Crippen LogP) is 16.4. The number of piperidine rings is 1. The Morgan fingerprint density at radius 3 is 1.49 bits per heavy atom. The minimum atomic E-state index is -0.351. The molecule has 3 aromatic heterocycles. The number of esters is 2. The minimum Gasteiger partial charge on any atom is -0.494 e. The number of benzene rings is 6. The van der Waals surface area contributed by atoms with Crippen LogP contribution in [0.3, 0.4) is 0 Å². The van der Waals surface area contributed by atoms with Gasteiger partial charge in [0.25, 0.3) is 0 Å². The number of carbonyl (C=O) groups excluding carboxylic acids is 4. The average molecular weight is 1180 g/mol. The summed E-state index contributed by atoms with van der Waals surface area (Å²) in [5.41, 5.74) is 4.85. The molecule has 1 atom stereocenters. The third-order valence-electron chi connectivity index (χ3n) is 16.4. The highest BCUT2D eigenvalue weighted by molar-refractivity contribution is 9.09. The Labute approximate surface area is 486 Å². The van der Waals surface area contributed by atoms with Gasteiger partial charge in [-0.05, 0) is 156 Å². The van der Waals surface area contributed by atoms with Gasteiger partial charge >= 0.3 is 11.9 Å². The molecule has 14 heteroatoms. The molecule has 12 rings (SSSR count). The summed E-state index contributed by atoms with van der Waals surface area (Å²) in [6.07, 6.45) is 24.9. The van der Waals surface area contributed by atoms with Crippen molar-refractivity contribution < 1.29 is 56.1 Å². The topological polar surface area (TPSA) is 166 Å². The van der Waals surface area contributed by atoms with Gasteiger partial charge in [0, 0.05) is 44.6 Å². The van der Waals surface area contributed by atoms with E-state index in [1.807, 2.05) is 54.6 Å². The zero-order valence-electron chi connectivity index (χ0n) is 47.2. The lowest BCUT2D eigenvalue weighted by molar-refractivity contribution is -0.142. The van der Waals surface area contributed by atoms with Crippen LogP contribution >= 0.6 is 15.9 Å². The first kappa shape index (κ1) is 57.9. The zero-order chi connectivity index (χ0) is 56.8. The second-order valence-corrected chi connectivity index (χ2v) is 22.8. The van der Waals surface area contributed by atoms with Crippen LogP contribution in [0.25, 0.3) is 65.2 Å². The first-order chi connectivity index (χ1) is 40.1. The molecule has 1 N–H and O–H groups in total. The number of imide groups is 1. The van der Waals surface area contributed by atoms with Crippen molar-refractivity contribution in [3.05, 3.63) is 126 Å². The van der Waals surface area contributed by atoms with Crippen molar-refractivity contribution in [1.82, 2.24) is 5.32 Å². The highest BCUT2D eigenvalue weighted by Gasteiger charge is 2.30. The summed E-state index contributed by atoms with van der Waals surface area (Å²) < 4.78 is 44.5. The molecule has 4 heterocycles. The number of carbonyl (C=O) groups is 4. The summed E-state index contributed by atoms with van der Waals surface area (Å²) in [7, 11) is 1.40. The molecule has 3 aliphatic rings. The van der Waals surface area contributed by atoms with E-state index >= 15 is 0 Å². The van der Waals surface area contributed by atoms with E-state index < -0.39 is 0 Å². The third kappa shape index (κ3) is 14.8. The first-order valence-electron chi connectivity index (χ1n) is 29.4. The Bertz CT molecular complexity index is 3650. The van der Waals surface area contributed by atoms with Gasteiger partial charge in [0.15, 0.2) is 0 Å². The molecular weight excluding hydrogens is 1100 g/mol. The smallest absolute Gasteiger partial charge is 0.310 e. The van der Waals surface area contributed by atoms with Crippen LogP contribution in [0.5, 0.6) is 17.2 Å². The van der Waals surface area contributed by atoms with E-state index in [1.165, 1.54) is 84.2 Å².